The van der Waals surface area contributed by atoms with Crippen LogP contribution in [0.2, 0.25) is 0 Å². The Bertz CT molecular complexity index is 1150. The van der Waals surface area contributed by atoms with Gasteiger partial charge in [-0.2, -0.15) is 16.7 Å². The highest BCUT2D eigenvalue weighted by atomic mass is 32.2. The summed E-state index contributed by atoms with van der Waals surface area (Å²) in [4.78, 5) is 11.5. The van der Waals surface area contributed by atoms with Crippen molar-refractivity contribution in [3.8, 4) is 11.5 Å². The molecule has 2 fully saturated rings. The first-order chi connectivity index (χ1) is 17.0. The molecule has 0 radical (unpaired) electrons. The number of nitrogens with zero attached hydrogens (tertiary/aromatic N) is 3. The molecule has 2 aromatic carbocycles. The number of anilines is 2. The molecular weight excluding hydrogens is 470 g/mol. The number of aromatic nitrogens is 2. The van der Waals surface area contributed by atoms with E-state index in [1.165, 1.54) is 0 Å². The third-order valence-electron chi connectivity index (χ3n) is 6.55. The smallest absolute Gasteiger partial charge is 0.251 e. The Hall–Kier alpha value is -2.81. The first-order valence-corrected chi connectivity index (χ1v) is 13.2. The molecule has 3 heterocycles. The highest BCUT2D eigenvalue weighted by Gasteiger charge is 2.35. The van der Waals surface area contributed by atoms with Gasteiger partial charge in [0.05, 0.1) is 12.6 Å². The molecule has 1 aromatic heterocycles. The molecule has 5 rings (SSSR count). The van der Waals surface area contributed by atoms with E-state index in [0.29, 0.717) is 41.4 Å². The molecule has 2 aliphatic heterocycles. The number of thioether (sulfide) groups is 1. The van der Waals surface area contributed by atoms with Gasteiger partial charge in [-0.15, -0.1) is 0 Å². The highest BCUT2D eigenvalue weighted by molar-refractivity contribution is 7.99. The van der Waals surface area contributed by atoms with Crippen molar-refractivity contribution in [2.45, 2.75) is 44.3 Å². The second-order valence-corrected chi connectivity index (χ2v) is 10.3. The van der Waals surface area contributed by atoms with Gasteiger partial charge in [0.1, 0.15) is 12.4 Å². The number of rotatable bonds is 7. The van der Waals surface area contributed by atoms with E-state index in [-0.39, 0.29) is 25.9 Å². The molecule has 3 aromatic rings. The number of methoxy groups -OCH3 is 1. The van der Waals surface area contributed by atoms with Crippen LogP contribution in [-0.2, 0) is 6.61 Å². The van der Waals surface area contributed by atoms with Gasteiger partial charge in [0, 0.05) is 43.4 Å². The summed E-state index contributed by atoms with van der Waals surface area (Å²) in [7, 11) is 1.62. The van der Waals surface area contributed by atoms with Gasteiger partial charge in [-0.3, -0.25) is 0 Å². The molecule has 2 aliphatic rings. The van der Waals surface area contributed by atoms with Crippen molar-refractivity contribution in [1.82, 2.24) is 9.97 Å². The summed E-state index contributed by atoms with van der Waals surface area (Å²) in [6, 6.07) is 14.0. The number of hydrogen-bond acceptors (Lipinski definition) is 7. The van der Waals surface area contributed by atoms with Crippen LogP contribution in [0.1, 0.15) is 31.2 Å². The molecule has 35 heavy (non-hydrogen) atoms. The molecule has 0 saturated carbocycles. The molecule has 0 bridgehead atoms. The number of fused-ring (bicyclic) bond motifs is 1. The third-order valence-corrected chi connectivity index (χ3v) is 7.60. The quantitative estimate of drug-likeness (QED) is 0.443. The van der Waals surface area contributed by atoms with E-state index in [9.17, 15) is 8.78 Å². The first-order valence-electron chi connectivity index (χ1n) is 12.0. The summed E-state index contributed by atoms with van der Waals surface area (Å²) >= 11 is 1.96. The topological polar surface area (TPSA) is 59.5 Å². The van der Waals surface area contributed by atoms with Crippen molar-refractivity contribution in [3.63, 3.8) is 0 Å². The van der Waals surface area contributed by atoms with Crippen LogP contribution in [0, 0.1) is 0 Å². The first kappa shape index (κ1) is 23.9. The molecule has 2 saturated heterocycles. The van der Waals surface area contributed by atoms with Gasteiger partial charge in [-0.25, -0.2) is 13.8 Å². The van der Waals surface area contributed by atoms with Gasteiger partial charge >= 0.3 is 0 Å². The Morgan fingerprint density at radius 1 is 1.06 bits per heavy atom. The normalized spacial score (nSPS) is 18.4. The predicted octanol–water partition coefficient (Wildman–Crippen LogP) is 5.76. The second-order valence-electron chi connectivity index (χ2n) is 9.04. The maximum atomic E-state index is 13.8. The van der Waals surface area contributed by atoms with Gasteiger partial charge in [-0.05, 0) is 36.0 Å². The minimum absolute atomic E-state index is 0.189. The van der Waals surface area contributed by atoms with Crippen molar-refractivity contribution in [3.05, 3.63) is 48.0 Å². The Morgan fingerprint density at radius 2 is 1.80 bits per heavy atom. The maximum Gasteiger partial charge on any atom is 0.251 e. The summed E-state index contributed by atoms with van der Waals surface area (Å²) in [6.45, 7) is 0.851. The molecule has 9 heteroatoms. The zero-order chi connectivity index (χ0) is 24.3. The fourth-order valence-corrected chi connectivity index (χ4v) is 5.56. The fraction of sp³-hybridized carbons (Fsp3) is 0.462. The maximum absolute atomic E-state index is 13.8. The summed E-state index contributed by atoms with van der Waals surface area (Å²) in [6.07, 6.45) is 1.73. The van der Waals surface area contributed by atoms with E-state index in [1.54, 1.807) is 7.11 Å². The monoisotopic (exact) mass is 500 g/mol. The lowest BCUT2D eigenvalue weighted by molar-refractivity contribution is -0.0222. The van der Waals surface area contributed by atoms with Gasteiger partial charge in [0.15, 0.2) is 11.5 Å². The van der Waals surface area contributed by atoms with Gasteiger partial charge in [0.2, 0.25) is 5.95 Å². The minimum Gasteiger partial charge on any atom is -0.493 e. The Morgan fingerprint density at radius 3 is 2.51 bits per heavy atom. The van der Waals surface area contributed by atoms with Crippen LogP contribution >= 0.6 is 11.8 Å². The van der Waals surface area contributed by atoms with E-state index >= 15 is 0 Å². The van der Waals surface area contributed by atoms with Crippen LogP contribution in [0.15, 0.2) is 42.5 Å². The predicted molar refractivity (Wildman–Crippen MR) is 137 cm³/mol. The van der Waals surface area contributed by atoms with Gasteiger partial charge < -0.3 is 19.7 Å². The highest BCUT2D eigenvalue weighted by Crippen LogP contribution is 2.37. The number of ether oxygens (including phenoxy) is 2. The Labute approximate surface area is 208 Å². The van der Waals surface area contributed by atoms with Crippen molar-refractivity contribution in [1.29, 1.82) is 0 Å². The summed E-state index contributed by atoms with van der Waals surface area (Å²) < 4.78 is 39.3. The van der Waals surface area contributed by atoms with E-state index in [0.717, 1.165) is 35.3 Å². The average molecular weight is 501 g/mol. The lowest BCUT2D eigenvalue weighted by Gasteiger charge is -2.32. The number of piperidine rings is 1. The van der Waals surface area contributed by atoms with Crippen LogP contribution in [0.4, 0.5) is 20.5 Å². The number of alkyl halides is 2. The molecular formula is C26H30F2N4O2S. The second kappa shape index (κ2) is 10.4. The zero-order valence-corrected chi connectivity index (χ0v) is 20.6. The van der Waals surface area contributed by atoms with Crippen LogP contribution in [0.3, 0.4) is 0 Å². The van der Waals surface area contributed by atoms with E-state index in [1.807, 2.05) is 59.1 Å². The molecule has 0 aliphatic carbocycles. The van der Waals surface area contributed by atoms with E-state index in [4.69, 9.17) is 19.4 Å². The average Bonchev–Trinajstić information content (AvgIpc) is 2.88. The summed E-state index contributed by atoms with van der Waals surface area (Å²) in [5.41, 5.74) is 1.74. The SMILES string of the molecule is COc1cc2c(NC3CCSCC3)nc(N3CCC(F)(F)CC3)nc2cc1OCc1ccccc1. The molecule has 0 amide bonds. The van der Waals surface area contributed by atoms with E-state index in [2.05, 4.69) is 5.32 Å². The Kier molecular flexibility index (Phi) is 7.13. The fourth-order valence-electron chi connectivity index (χ4n) is 4.45. The van der Waals surface area contributed by atoms with Crippen LogP contribution < -0.4 is 19.7 Å². The van der Waals surface area contributed by atoms with Crippen molar-refractivity contribution < 1.29 is 18.3 Å². The van der Waals surface area contributed by atoms with Gasteiger partial charge in [0.25, 0.3) is 5.92 Å². The molecule has 0 atom stereocenters. The zero-order valence-electron chi connectivity index (χ0n) is 19.8. The minimum atomic E-state index is -2.62. The molecule has 186 valence electrons. The van der Waals surface area contributed by atoms with Crippen LogP contribution in [-0.4, -0.2) is 53.6 Å². The van der Waals surface area contributed by atoms with Crippen molar-refractivity contribution in [2.75, 3.05) is 41.9 Å². The number of nitrogens with one attached hydrogen (secondary N) is 1. The number of halogens is 2. The van der Waals surface area contributed by atoms with Crippen molar-refractivity contribution in [2.24, 2.45) is 0 Å². The number of hydrogen-bond donors (Lipinski definition) is 1. The lowest BCUT2D eigenvalue weighted by atomic mass is 10.1. The summed E-state index contributed by atoms with van der Waals surface area (Å²) in [5, 5.41) is 4.44. The van der Waals surface area contributed by atoms with Crippen LogP contribution in [0.25, 0.3) is 10.9 Å². The number of benzene rings is 2. The molecule has 1 N–H and O–H groups in total. The molecule has 6 nitrogen and oxygen atoms in total. The largest absolute Gasteiger partial charge is 0.493 e. The molecule has 0 unspecified atom stereocenters. The summed E-state index contributed by atoms with van der Waals surface area (Å²) in [5.74, 6) is 1.96. The standard InChI is InChI=1S/C26H30F2N4O2S/c1-33-22-15-20-21(16-23(22)34-17-18-5-3-2-4-6-18)30-25(32-11-9-26(27,28)10-12-32)31-24(20)29-19-7-13-35-14-8-19/h2-6,15-16,19H,7-14,17H2,1H3,(H,29,30,31). The Balaban J connectivity index is 1.50. The van der Waals surface area contributed by atoms with Gasteiger partial charge in [-0.1, -0.05) is 30.3 Å². The van der Waals surface area contributed by atoms with E-state index < -0.39 is 5.92 Å². The van der Waals surface area contributed by atoms with Crippen LogP contribution in [0.5, 0.6) is 11.5 Å². The van der Waals surface area contributed by atoms with Crippen molar-refractivity contribution >= 4 is 34.4 Å². The lowest BCUT2D eigenvalue weighted by Crippen LogP contribution is -2.40. The molecule has 0 spiro atoms. The third kappa shape index (κ3) is 5.72.